The van der Waals surface area contributed by atoms with E-state index in [1.807, 2.05) is 60.7 Å². The van der Waals surface area contributed by atoms with Gasteiger partial charge in [-0.1, -0.05) is 78.5 Å². The summed E-state index contributed by atoms with van der Waals surface area (Å²) in [5, 5.41) is 37.5. The number of hydrogen-bond acceptors (Lipinski definition) is 11. The summed E-state index contributed by atoms with van der Waals surface area (Å²) in [7, 11) is 1.28. The molecule has 2 amide bonds. The van der Waals surface area contributed by atoms with Crippen LogP contribution in [-0.2, 0) is 32.0 Å². The quantitative estimate of drug-likeness (QED) is 0.101. The van der Waals surface area contributed by atoms with E-state index in [4.69, 9.17) is 14.2 Å². The number of urea groups is 1. The number of nitrogens with zero attached hydrogens (tertiary/aromatic N) is 4. The van der Waals surface area contributed by atoms with Crippen LogP contribution in [0.15, 0.2) is 108 Å². The number of thioether (sulfide) groups is 1. The van der Waals surface area contributed by atoms with E-state index in [-0.39, 0.29) is 31.0 Å². The molecule has 13 nitrogen and oxygen atoms in total. The van der Waals surface area contributed by atoms with Gasteiger partial charge in [0.25, 0.3) is 0 Å². The zero-order valence-electron chi connectivity index (χ0n) is 27.1. The Balaban J connectivity index is 1.17. The molecule has 0 unspecified atom stereocenters. The van der Waals surface area contributed by atoms with Gasteiger partial charge in [0.05, 0.1) is 31.6 Å². The summed E-state index contributed by atoms with van der Waals surface area (Å²) in [6.45, 7) is -0.0629. The Hall–Kier alpha value is -5.28. The van der Waals surface area contributed by atoms with Crippen molar-refractivity contribution in [3.63, 3.8) is 0 Å². The normalized spacial score (nSPS) is 17.8. The first-order valence-electron chi connectivity index (χ1n) is 15.9. The summed E-state index contributed by atoms with van der Waals surface area (Å²) in [6, 6.07) is 29.2. The molecule has 5 aromatic rings. The van der Waals surface area contributed by atoms with Crippen molar-refractivity contribution in [3.8, 4) is 11.4 Å². The average Bonchev–Trinajstić information content (AvgIpc) is 3.63. The molecule has 50 heavy (non-hydrogen) atoms. The van der Waals surface area contributed by atoms with Gasteiger partial charge in [0.15, 0.2) is 6.29 Å². The van der Waals surface area contributed by atoms with Crippen LogP contribution in [0.4, 0.5) is 10.5 Å². The lowest BCUT2D eigenvalue weighted by Gasteiger charge is -2.36. The molecule has 0 radical (unpaired) electrons. The molecule has 0 aliphatic carbocycles. The number of carbonyl (C=O) groups excluding carboxylic acids is 2. The number of esters is 1. The Morgan fingerprint density at radius 2 is 1.74 bits per heavy atom. The lowest BCUT2D eigenvalue weighted by molar-refractivity contribution is -0.245. The molecule has 0 bridgehead atoms. The average molecular weight is 697 g/mol. The number of rotatable bonds is 12. The maximum Gasteiger partial charge on any atom is 0.328 e. The SMILES string of the molecule is COC(=O)[C@H](Cc1ccccc1)NC(=O)Nc1cccc([C@@H]2O[C@H](CSc3nnnn3-c3ccc(O)cc3)C[C@H](c3ccc(CO)cc3)O2)c1. The highest BCUT2D eigenvalue weighted by Crippen LogP contribution is 2.40. The Labute approximate surface area is 292 Å². The third-order valence-corrected chi connectivity index (χ3v) is 9.09. The second-order valence-electron chi connectivity index (χ2n) is 11.5. The Bertz CT molecular complexity index is 1870. The highest BCUT2D eigenvalue weighted by atomic mass is 32.2. The summed E-state index contributed by atoms with van der Waals surface area (Å²) < 4.78 is 19.5. The van der Waals surface area contributed by atoms with Gasteiger partial charge in [0.2, 0.25) is 5.16 Å². The lowest BCUT2D eigenvalue weighted by atomic mass is 10.0. The van der Waals surface area contributed by atoms with Crippen LogP contribution in [0.3, 0.4) is 0 Å². The first-order valence-corrected chi connectivity index (χ1v) is 16.9. The topological polar surface area (TPSA) is 170 Å². The molecule has 1 fully saturated rings. The van der Waals surface area contributed by atoms with Gasteiger partial charge in [-0.15, -0.1) is 5.10 Å². The van der Waals surface area contributed by atoms with Crippen molar-refractivity contribution in [3.05, 3.63) is 125 Å². The van der Waals surface area contributed by atoms with Crippen molar-refractivity contribution >= 4 is 29.4 Å². The fraction of sp³-hybridized carbons (Fsp3) is 0.250. The Morgan fingerprint density at radius 1 is 0.960 bits per heavy atom. The van der Waals surface area contributed by atoms with Crippen LogP contribution in [0.1, 0.15) is 41.1 Å². The second kappa shape index (κ2) is 16.4. The number of nitrogens with one attached hydrogen (secondary N) is 2. The standard InChI is InChI=1S/C36H36N6O7S/c1-47-33(45)31(18-23-6-3-2-4-7-23)38-35(46)37-27-9-5-8-26(19-27)34-48-30(20-32(49-34)25-12-10-24(21-43)11-13-25)22-50-36-39-40-41-42(36)28-14-16-29(44)17-15-28/h2-17,19,30-32,34,43-44H,18,20-22H2,1H3,(H2,37,38,46)/t30-,31-,32+,34+/m0/s1. The smallest absolute Gasteiger partial charge is 0.328 e. The van der Waals surface area contributed by atoms with Crippen LogP contribution >= 0.6 is 11.8 Å². The highest BCUT2D eigenvalue weighted by Gasteiger charge is 2.33. The number of benzene rings is 4. The number of amides is 2. The van der Waals surface area contributed by atoms with E-state index in [9.17, 15) is 19.8 Å². The van der Waals surface area contributed by atoms with Crippen LogP contribution < -0.4 is 10.6 Å². The summed E-state index contributed by atoms with van der Waals surface area (Å²) in [5.41, 5.74) is 4.46. The maximum atomic E-state index is 13.1. The van der Waals surface area contributed by atoms with Crippen LogP contribution in [-0.4, -0.2) is 67.4 Å². The third kappa shape index (κ3) is 8.84. The third-order valence-electron chi connectivity index (χ3n) is 8.04. The summed E-state index contributed by atoms with van der Waals surface area (Å²) in [5.74, 6) is 0.0881. The number of anilines is 1. The van der Waals surface area contributed by atoms with Crippen molar-refractivity contribution in [2.24, 2.45) is 0 Å². The molecule has 1 saturated heterocycles. The van der Waals surface area contributed by atoms with Gasteiger partial charge in [-0.3, -0.25) is 0 Å². The largest absolute Gasteiger partial charge is 0.508 e. The molecule has 4 aromatic carbocycles. The fourth-order valence-corrected chi connectivity index (χ4v) is 6.40. The van der Waals surface area contributed by atoms with E-state index in [1.165, 1.54) is 18.9 Å². The maximum absolute atomic E-state index is 13.1. The van der Waals surface area contributed by atoms with E-state index in [0.717, 1.165) is 16.7 Å². The molecule has 6 rings (SSSR count). The Morgan fingerprint density at radius 3 is 2.48 bits per heavy atom. The minimum atomic E-state index is -0.887. The molecule has 0 spiro atoms. The molecule has 1 aromatic heterocycles. The number of hydrogen-bond donors (Lipinski definition) is 4. The molecule has 4 N–H and O–H groups in total. The number of aromatic nitrogens is 4. The number of aliphatic hydroxyl groups excluding tert-OH is 1. The van der Waals surface area contributed by atoms with E-state index in [1.54, 1.807) is 47.1 Å². The second-order valence-corrected chi connectivity index (χ2v) is 12.5. The van der Waals surface area contributed by atoms with Gasteiger partial charge in [-0.05, 0) is 63.5 Å². The summed E-state index contributed by atoms with van der Waals surface area (Å²) in [4.78, 5) is 25.5. The fourth-order valence-electron chi connectivity index (χ4n) is 5.49. The zero-order chi connectivity index (χ0) is 34.9. The molecule has 14 heteroatoms. The number of ether oxygens (including phenoxy) is 3. The van der Waals surface area contributed by atoms with E-state index >= 15 is 0 Å². The van der Waals surface area contributed by atoms with E-state index < -0.39 is 24.3 Å². The van der Waals surface area contributed by atoms with Crippen LogP contribution in [0.2, 0.25) is 0 Å². The number of tetrazole rings is 1. The minimum Gasteiger partial charge on any atom is -0.508 e. The number of phenols is 1. The van der Waals surface area contributed by atoms with Gasteiger partial charge in [0, 0.05) is 29.8 Å². The van der Waals surface area contributed by atoms with E-state index in [0.29, 0.717) is 34.3 Å². The van der Waals surface area contributed by atoms with Crippen LogP contribution in [0.5, 0.6) is 5.75 Å². The molecular formula is C36H36N6O7S. The molecule has 1 aliphatic heterocycles. The van der Waals surface area contributed by atoms with Crippen LogP contribution in [0.25, 0.3) is 5.69 Å². The van der Waals surface area contributed by atoms with Crippen molar-refractivity contribution < 1.29 is 34.0 Å². The monoisotopic (exact) mass is 696 g/mol. The number of phenolic OH excluding ortho intramolecular Hbond substituents is 1. The number of aliphatic hydroxyl groups is 1. The van der Waals surface area contributed by atoms with Crippen molar-refractivity contribution in [2.75, 3.05) is 18.2 Å². The van der Waals surface area contributed by atoms with Crippen molar-refractivity contribution in [1.82, 2.24) is 25.5 Å². The predicted molar refractivity (Wildman–Crippen MR) is 185 cm³/mol. The van der Waals surface area contributed by atoms with Crippen molar-refractivity contribution in [1.29, 1.82) is 0 Å². The molecule has 0 saturated carbocycles. The van der Waals surface area contributed by atoms with Gasteiger partial charge >= 0.3 is 12.0 Å². The number of aromatic hydroxyl groups is 1. The van der Waals surface area contributed by atoms with Gasteiger partial charge in [-0.25, -0.2) is 9.59 Å². The van der Waals surface area contributed by atoms with Gasteiger partial charge in [0.1, 0.15) is 11.8 Å². The number of carbonyl (C=O) groups is 2. The summed E-state index contributed by atoms with van der Waals surface area (Å²) in [6.07, 6.45) is -0.592. The predicted octanol–water partition coefficient (Wildman–Crippen LogP) is 5.10. The molecular weight excluding hydrogens is 660 g/mol. The summed E-state index contributed by atoms with van der Waals surface area (Å²) >= 11 is 1.43. The minimum absolute atomic E-state index is 0.0629. The molecule has 258 valence electrons. The van der Waals surface area contributed by atoms with Crippen LogP contribution in [0, 0.1) is 0 Å². The molecule has 4 atom stereocenters. The first-order chi connectivity index (χ1) is 24.4. The molecule has 2 heterocycles. The lowest BCUT2D eigenvalue weighted by Crippen LogP contribution is -2.45. The van der Waals surface area contributed by atoms with E-state index in [2.05, 4.69) is 26.2 Å². The van der Waals surface area contributed by atoms with Crippen molar-refractivity contribution in [2.45, 2.75) is 49.1 Å². The molecule has 1 aliphatic rings. The highest BCUT2D eigenvalue weighted by molar-refractivity contribution is 7.99. The van der Waals surface area contributed by atoms with Gasteiger partial charge < -0.3 is 35.1 Å². The zero-order valence-corrected chi connectivity index (χ0v) is 27.9. The van der Waals surface area contributed by atoms with Gasteiger partial charge in [-0.2, -0.15) is 4.68 Å². The Kier molecular flexibility index (Phi) is 11.4. The number of methoxy groups -OCH3 is 1. The first kappa shape index (κ1) is 34.6.